The fourth-order valence-electron chi connectivity index (χ4n) is 2.11. The van der Waals surface area contributed by atoms with Crippen LogP contribution in [0.4, 0.5) is 11.6 Å². The maximum atomic E-state index is 11.3. The summed E-state index contributed by atoms with van der Waals surface area (Å²) in [5.41, 5.74) is 0. The molecule has 3 aromatic rings. The molecule has 0 bridgehead atoms. The van der Waals surface area contributed by atoms with E-state index in [1.54, 1.807) is 11.6 Å². The van der Waals surface area contributed by atoms with Gasteiger partial charge >= 0.3 is 5.82 Å². The van der Waals surface area contributed by atoms with Crippen LogP contribution in [-0.2, 0) is 0 Å². The number of thiophene rings is 1. The van der Waals surface area contributed by atoms with Crippen LogP contribution in [0.3, 0.4) is 0 Å². The fourth-order valence-corrected chi connectivity index (χ4v) is 3.64. The Kier molecular flexibility index (Phi) is 3.86. The van der Waals surface area contributed by atoms with Crippen molar-refractivity contribution in [3.05, 3.63) is 44.1 Å². The lowest BCUT2D eigenvalue weighted by molar-refractivity contribution is -0.389. The van der Waals surface area contributed by atoms with Crippen LogP contribution >= 0.6 is 22.7 Å². The van der Waals surface area contributed by atoms with Gasteiger partial charge in [0, 0.05) is 16.9 Å². The molecule has 0 aromatic carbocycles. The molecule has 1 atom stereocenters. The monoisotopic (exact) mass is 324 g/mol. The Balaban J connectivity index is 1.97. The van der Waals surface area contributed by atoms with Crippen molar-refractivity contribution >= 4 is 39.3 Å². The Morgan fingerprint density at radius 2 is 2.33 bits per heavy atom. The zero-order chi connectivity index (χ0) is 14.8. The predicted octanol–water partition coefficient (Wildman–Crippen LogP) is 2.90. The van der Waals surface area contributed by atoms with E-state index in [1.807, 2.05) is 17.5 Å². The van der Waals surface area contributed by atoms with Crippen molar-refractivity contribution in [1.29, 1.82) is 0 Å². The van der Waals surface area contributed by atoms with Crippen molar-refractivity contribution in [1.82, 2.24) is 9.38 Å². The molecule has 21 heavy (non-hydrogen) atoms. The molecule has 2 N–H and O–H groups in total. The van der Waals surface area contributed by atoms with Crippen LogP contribution in [0.15, 0.2) is 29.1 Å². The number of nitro groups is 1. The molecule has 0 spiro atoms. The first-order valence-electron chi connectivity index (χ1n) is 6.21. The number of rotatable bonds is 6. The molecule has 110 valence electrons. The van der Waals surface area contributed by atoms with Gasteiger partial charge in [0.05, 0.1) is 6.04 Å². The lowest BCUT2D eigenvalue weighted by atomic mass is 10.2. The van der Waals surface area contributed by atoms with E-state index in [0.717, 1.165) is 4.88 Å². The van der Waals surface area contributed by atoms with E-state index in [4.69, 9.17) is 0 Å². The van der Waals surface area contributed by atoms with Crippen LogP contribution in [0, 0.1) is 10.1 Å². The summed E-state index contributed by atoms with van der Waals surface area (Å²) in [7, 11) is 0. The third-order valence-electron chi connectivity index (χ3n) is 3.03. The summed E-state index contributed by atoms with van der Waals surface area (Å²) in [6, 6.07) is 3.65. The van der Waals surface area contributed by atoms with E-state index in [2.05, 4.69) is 10.3 Å². The van der Waals surface area contributed by atoms with Crippen molar-refractivity contribution < 1.29 is 10.0 Å². The first-order chi connectivity index (χ1) is 10.2. The number of nitrogens with one attached hydrogen (secondary N) is 1. The number of thiazole rings is 1. The summed E-state index contributed by atoms with van der Waals surface area (Å²) in [5.74, 6) is 0.157. The lowest BCUT2D eigenvalue weighted by Gasteiger charge is -2.15. The molecular weight excluding hydrogens is 312 g/mol. The van der Waals surface area contributed by atoms with Crippen LogP contribution in [-0.4, -0.2) is 26.0 Å². The number of hydrogen-bond acceptors (Lipinski definition) is 7. The average Bonchev–Trinajstić information content (AvgIpc) is 3.14. The van der Waals surface area contributed by atoms with Crippen LogP contribution < -0.4 is 5.32 Å². The number of imidazole rings is 1. The quantitative estimate of drug-likeness (QED) is 0.537. The lowest BCUT2D eigenvalue weighted by Crippen LogP contribution is -2.12. The largest absolute Gasteiger partial charge is 0.396 e. The molecule has 0 saturated heterocycles. The molecule has 7 nitrogen and oxygen atoms in total. The molecule has 3 heterocycles. The van der Waals surface area contributed by atoms with E-state index >= 15 is 0 Å². The third kappa shape index (κ3) is 2.62. The Hall–Kier alpha value is -1.97. The van der Waals surface area contributed by atoms with Gasteiger partial charge in [0.15, 0.2) is 0 Å². The van der Waals surface area contributed by atoms with E-state index in [9.17, 15) is 15.2 Å². The van der Waals surface area contributed by atoms with Gasteiger partial charge in [-0.3, -0.25) is 0 Å². The molecule has 0 unspecified atom stereocenters. The molecule has 0 amide bonds. The second-order valence-corrected chi connectivity index (χ2v) is 6.17. The first kappa shape index (κ1) is 14.0. The van der Waals surface area contributed by atoms with E-state index in [1.165, 1.54) is 27.1 Å². The summed E-state index contributed by atoms with van der Waals surface area (Å²) in [5, 5.41) is 27.3. The predicted molar refractivity (Wildman–Crippen MR) is 82.1 cm³/mol. The molecule has 0 aliphatic heterocycles. The van der Waals surface area contributed by atoms with Crippen LogP contribution in [0.5, 0.6) is 0 Å². The van der Waals surface area contributed by atoms with Gasteiger partial charge < -0.3 is 20.5 Å². The molecule has 3 aromatic heterocycles. The smallest absolute Gasteiger partial charge is 0.372 e. The number of aromatic nitrogens is 2. The molecule has 0 fully saturated rings. The zero-order valence-electron chi connectivity index (χ0n) is 10.8. The minimum atomic E-state index is -0.445. The molecule has 0 radical (unpaired) electrons. The first-order valence-corrected chi connectivity index (χ1v) is 7.97. The summed E-state index contributed by atoms with van der Waals surface area (Å²) in [6.07, 6.45) is 2.09. The highest BCUT2D eigenvalue weighted by Gasteiger charge is 2.26. The van der Waals surface area contributed by atoms with Gasteiger partial charge in [-0.1, -0.05) is 17.4 Å². The number of hydrogen-bond donors (Lipinski definition) is 2. The van der Waals surface area contributed by atoms with Crippen molar-refractivity contribution in [2.45, 2.75) is 12.5 Å². The van der Waals surface area contributed by atoms with Crippen molar-refractivity contribution in [2.75, 3.05) is 11.9 Å². The van der Waals surface area contributed by atoms with Crippen LogP contribution in [0.1, 0.15) is 17.3 Å². The van der Waals surface area contributed by atoms with Crippen molar-refractivity contribution in [3.63, 3.8) is 0 Å². The summed E-state index contributed by atoms with van der Waals surface area (Å²) in [4.78, 5) is 16.7. The zero-order valence-corrected chi connectivity index (χ0v) is 12.4. The summed E-state index contributed by atoms with van der Waals surface area (Å²) in [6.45, 7) is -0.00835. The minimum absolute atomic E-state index is 0.00835. The van der Waals surface area contributed by atoms with E-state index in [0.29, 0.717) is 11.4 Å². The number of aliphatic hydroxyl groups is 1. The number of fused-ring (bicyclic) bond motifs is 1. The average molecular weight is 324 g/mol. The van der Waals surface area contributed by atoms with Crippen molar-refractivity contribution in [3.8, 4) is 0 Å². The molecule has 3 rings (SSSR count). The van der Waals surface area contributed by atoms with Gasteiger partial charge in [0.2, 0.25) is 5.82 Å². The fraction of sp³-hybridized carbons (Fsp3) is 0.250. The SMILES string of the molecule is O=[N+]([O-])c1c(N[C@H](CCO)c2cccs2)nc2sccn12. The highest BCUT2D eigenvalue weighted by molar-refractivity contribution is 7.15. The maximum Gasteiger partial charge on any atom is 0.372 e. The Morgan fingerprint density at radius 1 is 1.48 bits per heavy atom. The van der Waals surface area contributed by atoms with E-state index in [-0.39, 0.29) is 24.3 Å². The third-order valence-corrected chi connectivity index (χ3v) is 4.77. The molecular formula is C12H12N4O3S2. The van der Waals surface area contributed by atoms with Crippen molar-refractivity contribution in [2.24, 2.45) is 0 Å². The van der Waals surface area contributed by atoms with Crippen LogP contribution in [0.25, 0.3) is 4.96 Å². The highest BCUT2D eigenvalue weighted by Crippen LogP contribution is 2.32. The van der Waals surface area contributed by atoms with Gasteiger partial charge in [-0.15, -0.1) is 11.3 Å². The number of anilines is 1. The van der Waals surface area contributed by atoms with Gasteiger partial charge in [-0.05, 0) is 22.8 Å². The van der Waals surface area contributed by atoms with Gasteiger partial charge in [-0.2, -0.15) is 9.38 Å². The number of nitrogens with zero attached hydrogens (tertiary/aromatic N) is 3. The minimum Gasteiger partial charge on any atom is -0.396 e. The standard InChI is InChI=1S/C12H12N4O3S2/c17-5-3-8(9-2-1-6-20-9)13-10-11(16(18)19)15-4-7-21-12(15)14-10/h1-2,4,6-8,13,17H,3,5H2/t8-/m1/s1. The molecule has 0 aliphatic carbocycles. The van der Waals surface area contributed by atoms with Gasteiger partial charge in [0.25, 0.3) is 4.96 Å². The molecule has 9 heteroatoms. The number of aliphatic hydroxyl groups excluding tert-OH is 1. The van der Waals surface area contributed by atoms with E-state index < -0.39 is 4.92 Å². The Morgan fingerprint density at radius 3 is 3.00 bits per heavy atom. The van der Waals surface area contributed by atoms with Gasteiger partial charge in [-0.25, -0.2) is 0 Å². The topological polar surface area (TPSA) is 92.7 Å². The second kappa shape index (κ2) is 5.80. The second-order valence-electron chi connectivity index (χ2n) is 4.32. The molecule has 0 aliphatic rings. The maximum absolute atomic E-state index is 11.3. The summed E-state index contributed by atoms with van der Waals surface area (Å²) < 4.78 is 1.46. The Labute approximate surface area is 127 Å². The highest BCUT2D eigenvalue weighted by atomic mass is 32.1. The van der Waals surface area contributed by atoms with Gasteiger partial charge in [0.1, 0.15) is 6.20 Å². The normalized spacial score (nSPS) is 12.6. The Bertz CT molecular complexity index is 750. The molecule has 0 saturated carbocycles. The van der Waals surface area contributed by atoms with Crippen LogP contribution in [0.2, 0.25) is 0 Å². The summed E-state index contributed by atoms with van der Waals surface area (Å²) >= 11 is 2.88.